The van der Waals surface area contributed by atoms with E-state index in [0.29, 0.717) is 16.5 Å². The van der Waals surface area contributed by atoms with Crippen LogP contribution in [0.4, 0.5) is 17.6 Å². The van der Waals surface area contributed by atoms with Crippen molar-refractivity contribution in [3.8, 4) is 0 Å². The molecule has 3 rings (SSSR count). The molecule has 0 bridgehead atoms. The van der Waals surface area contributed by atoms with Crippen molar-refractivity contribution in [2.24, 2.45) is 0 Å². The van der Waals surface area contributed by atoms with Crippen molar-refractivity contribution in [2.75, 3.05) is 6.54 Å². The van der Waals surface area contributed by atoms with Crippen LogP contribution >= 0.6 is 15.9 Å². The highest BCUT2D eigenvalue weighted by molar-refractivity contribution is 9.10. The molecule has 0 spiro atoms. The summed E-state index contributed by atoms with van der Waals surface area (Å²) in [5.41, 5.74) is 1.62. The Hall–Kier alpha value is -1.47. The standard InChI is InChI=1S/C17H15BrF4N2/c1-10-6-11-4-2-3-5-13(11)16(24(10)9-17(20,21)22)15-14(19)7-12(18)8-23-15/h2-5,7-8,10,16H,6,9H2,1H3/t10-,16+/m1/s1. The number of halogens is 5. The van der Waals surface area contributed by atoms with Crippen molar-refractivity contribution >= 4 is 15.9 Å². The first-order chi connectivity index (χ1) is 11.3. The molecule has 2 heterocycles. The SMILES string of the molecule is C[C@@H]1Cc2ccccc2[C@@H](c2ncc(Br)cc2F)N1CC(F)(F)F. The van der Waals surface area contributed by atoms with Gasteiger partial charge < -0.3 is 0 Å². The minimum Gasteiger partial charge on any atom is -0.279 e. The highest BCUT2D eigenvalue weighted by Gasteiger charge is 2.41. The lowest BCUT2D eigenvalue weighted by Gasteiger charge is -2.42. The Bertz CT molecular complexity index is 748. The first-order valence-electron chi connectivity index (χ1n) is 7.47. The summed E-state index contributed by atoms with van der Waals surface area (Å²) >= 11 is 3.13. The van der Waals surface area contributed by atoms with Crippen LogP contribution < -0.4 is 0 Å². The second-order valence-corrected chi connectivity index (χ2v) is 6.88. The number of alkyl halides is 3. The molecule has 0 unspecified atom stereocenters. The highest BCUT2D eigenvalue weighted by atomic mass is 79.9. The Kier molecular flexibility index (Phi) is 4.66. The first kappa shape index (κ1) is 17.4. The maximum atomic E-state index is 14.5. The monoisotopic (exact) mass is 402 g/mol. The number of aromatic nitrogens is 1. The van der Waals surface area contributed by atoms with Crippen LogP contribution in [0.2, 0.25) is 0 Å². The Labute approximate surface area is 145 Å². The van der Waals surface area contributed by atoms with Gasteiger partial charge >= 0.3 is 6.18 Å². The van der Waals surface area contributed by atoms with Gasteiger partial charge in [-0.15, -0.1) is 0 Å². The lowest BCUT2D eigenvalue weighted by molar-refractivity contribution is -0.155. The third-order valence-electron chi connectivity index (χ3n) is 4.22. The van der Waals surface area contributed by atoms with Gasteiger partial charge in [0, 0.05) is 16.7 Å². The number of hydrogen-bond donors (Lipinski definition) is 0. The van der Waals surface area contributed by atoms with E-state index in [9.17, 15) is 17.6 Å². The molecule has 24 heavy (non-hydrogen) atoms. The van der Waals surface area contributed by atoms with E-state index >= 15 is 0 Å². The topological polar surface area (TPSA) is 16.1 Å². The third kappa shape index (κ3) is 3.47. The summed E-state index contributed by atoms with van der Waals surface area (Å²) in [6, 6.07) is 7.21. The molecule has 1 aromatic heterocycles. The molecule has 0 amide bonds. The van der Waals surface area contributed by atoms with Crippen molar-refractivity contribution in [3.05, 3.63) is 63.6 Å². The van der Waals surface area contributed by atoms with Crippen LogP contribution in [-0.2, 0) is 6.42 Å². The molecule has 1 aliphatic heterocycles. The second kappa shape index (κ2) is 6.44. The largest absolute Gasteiger partial charge is 0.401 e. The molecule has 2 atom stereocenters. The predicted octanol–water partition coefficient (Wildman–Crippen LogP) is 4.88. The minimum atomic E-state index is -4.37. The molecule has 0 saturated carbocycles. The lowest BCUT2D eigenvalue weighted by Crippen LogP contribution is -2.47. The zero-order chi connectivity index (χ0) is 17.5. The molecule has 2 nitrogen and oxygen atoms in total. The van der Waals surface area contributed by atoms with Crippen molar-refractivity contribution in [3.63, 3.8) is 0 Å². The molecule has 1 aromatic carbocycles. The van der Waals surface area contributed by atoms with Gasteiger partial charge in [-0.2, -0.15) is 13.2 Å². The fraction of sp³-hybridized carbons (Fsp3) is 0.353. The van der Waals surface area contributed by atoms with Crippen molar-refractivity contribution in [2.45, 2.75) is 31.6 Å². The van der Waals surface area contributed by atoms with Gasteiger partial charge in [-0.1, -0.05) is 24.3 Å². The molecule has 0 radical (unpaired) electrons. The summed E-state index contributed by atoms with van der Waals surface area (Å²) in [6.45, 7) is 0.621. The third-order valence-corrected chi connectivity index (χ3v) is 4.65. The van der Waals surface area contributed by atoms with Crippen LogP contribution in [0.15, 0.2) is 41.0 Å². The number of hydrogen-bond acceptors (Lipinski definition) is 2. The minimum absolute atomic E-state index is 0.0152. The van der Waals surface area contributed by atoms with Gasteiger partial charge in [0.15, 0.2) is 0 Å². The van der Waals surface area contributed by atoms with E-state index in [2.05, 4.69) is 20.9 Å². The Morgan fingerprint density at radius 3 is 2.67 bits per heavy atom. The zero-order valence-corrected chi connectivity index (χ0v) is 14.4. The molecule has 0 saturated heterocycles. The van der Waals surface area contributed by atoms with E-state index in [0.717, 1.165) is 5.56 Å². The van der Waals surface area contributed by atoms with Gasteiger partial charge in [-0.3, -0.25) is 9.88 Å². The summed E-state index contributed by atoms with van der Waals surface area (Å²) in [5, 5.41) is 0. The Morgan fingerprint density at radius 1 is 1.29 bits per heavy atom. The van der Waals surface area contributed by atoms with E-state index < -0.39 is 24.6 Å². The summed E-state index contributed by atoms with van der Waals surface area (Å²) in [7, 11) is 0. The van der Waals surface area contributed by atoms with E-state index in [1.807, 2.05) is 12.1 Å². The zero-order valence-electron chi connectivity index (χ0n) is 12.8. The van der Waals surface area contributed by atoms with Crippen LogP contribution in [0, 0.1) is 5.82 Å². The van der Waals surface area contributed by atoms with Crippen LogP contribution in [0.25, 0.3) is 0 Å². The molecule has 128 valence electrons. The second-order valence-electron chi connectivity index (χ2n) is 5.96. The van der Waals surface area contributed by atoms with E-state index in [4.69, 9.17) is 0 Å². The molecule has 1 aliphatic rings. The van der Waals surface area contributed by atoms with Gasteiger partial charge in [0.25, 0.3) is 0 Å². The van der Waals surface area contributed by atoms with Crippen molar-refractivity contribution in [1.29, 1.82) is 0 Å². The first-order valence-corrected chi connectivity index (χ1v) is 8.27. The normalized spacial score (nSPS) is 21.6. The smallest absolute Gasteiger partial charge is 0.279 e. The number of benzene rings is 1. The average molecular weight is 403 g/mol. The summed E-state index contributed by atoms with van der Waals surface area (Å²) in [6.07, 6.45) is -2.47. The van der Waals surface area contributed by atoms with Gasteiger partial charge in [-0.05, 0) is 46.5 Å². The molecular weight excluding hydrogens is 388 g/mol. The van der Waals surface area contributed by atoms with Crippen LogP contribution in [-0.4, -0.2) is 28.6 Å². The average Bonchev–Trinajstić information content (AvgIpc) is 2.48. The number of pyridine rings is 1. The van der Waals surface area contributed by atoms with Gasteiger partial charge in [-0.25, -0.2) is 4.39 Å². The molecular formula is C17H15BrF4N2. The maximum Gasteiger partial charge on any atom is 0.401 e. The van der Waals surface area contributed by atoms with E-state index in [-0.39, 0.29) is 11.7 Å². The molecule has 2 aromatic rings. The maximum absolute atomic E-state index is 14.5. The summed E-state index contributed by atoms with van der Waals surface area (Å²) < 4.78 is 54.1. The van der Waals surface area contributed by atoms with Gasteiger partial charge in [0.1, 0.15) is 5.82 Å². The molecule has 0 aliphatic carbocycles. The summed E-state index contributed by atoms with van der Waals surface area (Å²) in [5.74, 6) is -0.620. The molecule has 7 heteroatoms. The van der Waals surface area contributed by atoms with Crippen LogP contribution in [0.5, 0.6) is 0 Å². The Balaban J connectivity index is 2.14. The molecule has 0 fully saturated rings. The highest BCUT2D eigenvalue weighted by Crippen LogP contribution is 2.39. The number of fused-ring (bicyclic) bond motifs is 1. The van der Waals surface area contributed by atoms with Gasteiger partial charge in [0.05, 0.1) is 18.3 Å². The van der Waals surface area contributed by atoms with Crippen molar-refractivity contribution < 1.29 is 17.6 Å². The van der Waals surface area contributed by atoms with Crippen LogP contribution in [0.1, 0.15) is 29.8 Å². The quantitative estimate of drug-likeness (QED) is 0.665. The summed E-state index contributed by atoms with van der Waals surface area (Å²) in [4.78, 5) is 5.36. The Morgan fingerprint density at radius 2 is 2.00 bits per heavy atom. The van der Waals surface area contributed by atoms with Crippen LogP contribution in [0.3, 0.4) is 0 Å². The fourth-order valence-corrected chi connectivity index (χ4v) is 3.54. The number of rotatable bonds is 2. The fourth-order valence-electron chi connectivity index (χ4n) is 3.24. The van der Waals surface area contributed by atoms with E-state index in [1.165, 1.54) is 17.2 Å². The number of nitrogens with zero attached hydrogens (tertiary/aromatic N) is 2. The van der Waals surface area contributed by atoms with Gasteiger partial charge in [0.2, 0.25) is 0 Å². The van der Waals surface area contributed by atoms with Crippen molar-refractivity contribution in [1.82, 2.24) is 9.88 Å². The predicted molar refractivity (Wildman–Crippen MR) is 86.1 cm³/mol. The molecule has 0 N–H and O–H groups in total. The van der Waals surface area contributed by atoms with E-state index in [1.54, 1.807) is 19.1 Å². The lowest BCUT2D eigenvalue weighted by atomic mass is 9.86.